The Hall–Kier alpha value is -2.78. The van der Waals surface area contributed by atoms with Crippen LogP contribution in [-0.4, -0.2) is 35.5 Å². The highest BCUT2D eigenvalue weighted by Crippen LogP contribution is 2.28. The highest BCUT2D eigenvalue weighted by molar-refractivity contribution is 7.10. The van der Waals surface area contributed by atoms with E-state index in [0.717, 1.165) is 51.8 Å². The van der Waals surface area contributed by atoms with Gasteiger partial charge in [0.25, 0.3) is 0 Å². The maximum Gasteiger partial charge on any atom is 0.180 e. The number of imidazole rings is 1. The van der Waals surface area contributed by atoms with Crippen molar-refractivity contribution in [1.29, 1.82) is 0 Å². The molecule has 0 spiro atoms. The normalized spacial score (nSPS) is 11.3. The predicted octanol–water partition coefficient (Wildman–Crippen LogP) is 2.52. The molecule has 4 aromatic rings. The van der Waals surface area contributed by atoms with E-state index in [4.69, 9.17) is 10.7 Å². The van der Waals surface area contributed by atoms with Crippen molar-refractivity contribution in [3.05, 3.63) is 42.2 Å². The maximum atomic E-state index is 5.66. The first-order chi connectivity index (χ1) is 12.3. The second kappa shape index (κ2) is 6.61. The van der Waals surface area contributed by atoms with E-state index in [0.29, 0.717) is 6.54 Å². The molecule has 25 heavy (non-hydrogen) atoms. The smallest absolute Gasteiger partial charge is 0.180 e. The van der Waals surface area contributed by atoms with Crippen molar-refractivity contribution >= 4 is 28.0 Å². The SMILES string of the molecule is Cc1cnsc1Nc1nc(CCCN)cn2c(-c3cn[nH]c3)cnc12. The Kier molecular flexibility index (Phi) is 4.16. The van der Waals surface area contributed by atoms with E-state index in [1.807, 2.05) is 36.1 Å². The van der Waals surface area contributed by atoms with Crippen LogP contribution in [0.2, 0.25) is 0 Å². The van der Waals surface area contributed by atoms with Crippen LogP contribution in [0.4, 0.5) is 10.8 Å². The van der Waals surface area contributed by atoms with Gasteiger partial charge in [-0.05, 0) is 37.8 Å². The van der Waals surface area contributed by atoms with Gasteiger partial charge in [-0.15, -0.1) is 0 Å². The van der Waals surface area contributed by atoms with E-state index < -0.39 is 0 Å². The molecule has 0 aromatic carbocycles. The lowest BCUT2D eigenvalue weighted by atomic mass is 10.2. The minimum atomic E-state index is 0.634. The highest BCUT2D eigenvalue weighted by atomic mass is 32.1. The Bertz CT molecular complexity index is 985. The van der Waals surface area contributed by atoms with Crippen molar-refractivity contribution in [2.45, 2.75) is 19.8 Å². The molecule has 0 aliphatic carbocycles. The largest absolute Gasteiger partial charge is 0.330 e. The number of aromatic amines is 1. The van der Waals surface area contributed by atoms with Crippen LogP contribution in [0, 0.1) is 6.92 Å². The fraction of sp³-hybridized carbons (Fsp3) is 0.250. The standard InChI is InChI=1S/C16H18N8S/c1-10-5-21-25-16(10)23-14-15-18-8-13(11-6-19-20-7-11)24(15)9-12(22-14)3-2-4-17/h5-9H,2-4,17H2,1H3,(H,19,20)(H,22,23). The van der Waals surface area contributed by atoms with Crippen molar-refractivity contribution in [2.75, 3.05) is 11.9 Å². The first-order valence-corrected chi connectivity index (χ1v) is 8.78. The van der Waals surface area contributed by atoms with E-state index in [2.05, 4.69) is 24.9 Å². The van der Waals surface area contributed by atoms with Crippen molar-refractivity contribution in [3.63, 3.8) is 0 Å². The molecule has 8 nitrogen and oxygen atoms in total. The minimum absolute atomic E-state index is 0.634. The lowest BCUT2D eigenvalue weighted by molar-refractivity contribution is 0.804. The summed E-state index contributed by atoms with van der Waals surface area (Å²) in [6.45, 7) is 2.65. The Morgan fingerprint density at radius 2 is 2.24 bits per heavy atom. The molecule has 0 aliphatic heterocycles. The third-order valence-corrected chi connectivity index (χ3v) is 4.77. The van der Waals surface area contributed by atoms with Crippen LogP contribution < -0.4 is 11.1 Å². The Balaban J connectivity index is 1.84. The number of anilines is 2. The number of rotatable bonds is 6. The lowest BCUT2D eigenvalue weighted by Gasteiger charge is -2.10. The summed E-state index contributed by atoms with van der Waals surface area (Å²) in [4.78, 5) is 9.32. The first-order valence-electron chi connectivity index (χ1n) is 8.00. The van der Waals surface area contributed by atoms with Crippen molar-refractivity contribution in [3.8, 4) is 11.3 Å². The summed E-state index contributed by atoms with van der Waals surface area (Å²) in [5.41, 5.74) is 10.4. The van der Waals surface area contributed by atoms with Crippen LogP contribution in [0.5, 0.6) is 0 Å². The Morgan fingerprint density at radius 3 is 2.96 bits per heavy atom. The fourth-order valence-electron chi connectivity index (χ4n) is 2.65. The molecule has 0 bridgehead atoms. The number of aromatic nitrogens is 6. The molecule has 0 aliphatic rings. The molecular weight excluding hydrogens is 336 g/mol. The molecule has 4 aromatic heterocycles. The summed E-state index contributed by atoms with van der Waals surface area (Å²) in [6, 6.07) is 0. The topological polar surface area (TPSA) is 110 Å². The molecule has 4 heterocycles. The quantitative estimate of drug-likeness (QED) is 0.491. The first kappa shape index (κ1) is 15.7. The molecule has 0 saturated heterocycles. The van der Waals surface area contributed by atoms with E-state index >= 15 is 0 Å². The van der Waals surface area contributed by atoms with E-state index in [1.165, 1.54) is 11.5 Å². The molecular formula is C16H18N8S. The van der Waals surface area contributed by atoms with Gasteiger partial charge in [0.05, 0.1) is 23.8 Å². The van der Waals surface area contributed by atoms with Gasteiger partial charge in [0, 0.05) is 29.7 Å². The number of H-pyrrole nitrogens is 1. The number of nitrogens with zero attached hydrogens (tertiary/aromatic N) is 5. The Morgan fingerprint density at radius 1 is 1.32 bits per heavy atom. The summed E-state index contributed by atoms with van der Waals surface area (Å²) in [5, 5.41) is 11.2. The van der Waals surface area contributed by atoms with Crippen LogP contribution >= 0.6 is 11.5 Å². The van der Waals surface area contributed by atoms with Gasteiger partial charge in [-0.1, -0.05) is 0 Å². The van der Waals surface area contributed by atoms with Gasteiger partial charge in [-0.25, -0.2) is 9.97 Å². The van der Waals surface area contributed by atoms with Gasteiger partial charge >= 0.3 is 0 Å². The third kappa shape index (κ3) is 2.99. The molecule has 0 saturated carbocycles. The molecule has 0 unspecified atom stereocenters. The zero-order chi connectivity index (χ0) is 17.2. The van der Waals surface area contributed by atoms with Crippen LogP contribution in [0.15, 0.2) is 31.0 Å². The zero-order valence-electron chi connectivity index (χ0n) is 13.7. The lowest BCUT2D eigenvalue weighted by Crippen LogP contribution is -2.06. The van der Waals surface area contributed by atoms with Crippen molar-refractivity contribution in [1.82, 2.24) is 28.9 Å². The van der Waals surface area contributed by atoms with Crippen LogP contribution in [0.3, 0.4) is 0 Å². The third-order valence-electron chi connectivity index (χ3n) is 3.95. The van der Waals surface area contributed by atoms with Gasteiger partial charge in [-0.3, -0.25) is 9.50 Å². The van der Waals surface area contributed by atoms with Gasteiger partial charge in [-0.2, -0.15) is 9.47 Å². The number of nitrogens with two attached hydrogens (primary N) is 1. The van der Waals surface area contributed by atoms with Crippen molar-refractivity contribution in [2.24, 2.45) is 5.73 Å². The summed E-state index contributed by atoms with van der Waals surface area (Å²) in [7, 11) is 0. The summed E-state index contributed by atoms with van der Waals surface area (Å²) >= 11 is 1.41. The number of fused-ring (bicyclic) bond motifs is 1. The zero-order valence-corrected chi connectivity index (χ0v) is 14.5. The fourth-order valence-corrected chi connectivity index (χ4v) is 3.30. The van der Waals surface area contributed by atoms with Gasteiger partial charge < -0.3 is 11.1 Å². The minimum Gasteiger partial charge on any atom is -0.330 e. The average Bonchev–Trinajstić information content (AvgIpc) is 3.34. The Labute approximate surface area is 148 Å². The summed E-state index contributed by atoms with van der Waals surface area (Å²) in [5.74, 6) is 0.719. The van der Waals surface area contributed by atoms with Gasteiger partial charge in [0.2, 0.25) is 0 Å². The second-order valence-corrected chi connectivity index (χ2v) is 6.56. The molecule has 0 fully saturated rings. The highest BCUT2D eigenvalue weighted by Gasteiger charge is 2.15. The van der Waals surface area contributed by atoms with Crippen molar-refractivity contribution < 1.29 is 0 Å². The molecule has 128 valence electrons. The monoisotopic (exact) mass is 354 g/mol. The number of nitrogens with one attached hydrogen (secondary N) is 2. The van der Waals surface area contributed by atoms with E-state index in [9.17, 15) is 0 Å². The molecule has 0 radical (unpaired) electrons. The summed E-state index contributed by atoms with van der Waals surface area (Å²) in [6.07, 6.45) is 11.0. The molecule has 9 heteroatoms. The summed E-state index contributed by atoms with van der Waals surface area (Å²) < 4.78 is 6.26. The van der Waals surface area contributed by atoms with Gasteiger partial charge in [0.15, 0.2) is 11.5 Å². The number of hydrogen-bond acceptors (Lipinski definition) is 7. The van der Waals surface area contributed by atoms with E-state index in [1.54, 1.807) is 6.20 Å². The molecule has 0 amide bonds. The maximum absolute atomic E-state index is 5.66. The van der Waals surface area contributed by atoms with Gasteiger partial charge in [0.1, 0.15) is 5.00 Å². The predicted molar refractivity (Wildman–Crippen MR) is 98.1 cm³/mol. The van der Waals surface area contributed by atoms with Crippen LogP contribution in [0.1, 0.15) is 17.7 Å². The van der Waals surface area contributed by atoms with E-state index in [-0.39, 0.29) is 0 Å². The molecule has 0 atom stereocenters. The van der Waals surface area contributed by atoms with Crippen LogP contribution in [-0.2, 0) is 6.42 Å². The average molecular weight is 354 g/mol. The van der Waals surface area contributed by atoms with Crippen LogP contribution in [0.25, 0.3) is 16.9 Å². The number of hydrogen-bond donors (Lipinski definition) is 3. The molecule has 4 N–H and O–H groups in total. The molecule has 4 rings (SSSR count). The number of aryl methyl sites for hydroxylation is 2. The second-order valence-electron chi connectivity index (χ2n) is 5.76.